The highest BCUT2D eigenvalue weighted by atomic mass is 16.5. The Morgan fingerprint density at radius 1 is 1.25 bits per heavy atom. The van der Waals surface area contributed by atoms with E-state index in [0.717, 1.165) is 18.8 Å². The van der Waals surface area contributed by atoms with Gasteiger partial charge >= 0.3 is 0 Å². The minimum Gasteiger partial charge on any atom is -0.497 e. The molecule has 0 atom stereocenters. The fourth-order valence-corrected chi connectivity index (χ4v) is 2.63. The van der Waals surface area contributed by atoms with E-state index in [-0.39, 0.29) is 5.56 Å². The van der Waals surface area contributed by atoms with Crippen LogP contribution >= 0.6 is 0 Å². The fraction of sp³-hybridized carbons (Fsp3) is 0.353. The predicted octanol–water partition coefficient (Wildman–Crippen LogP) is 1.69. The van der Waals surface area contributed by atoms with Gasteiger partial charge in [0, 0.05) is 13.6 Å². The molecule has 24 heavy (non-hydrogen) atoms. The molecule has 0 spiro atoms. The van der Waals surface area contributed by atoms with E-state index in [9.17, 15) is 4.79 Å². The van der Waals surface area contributed by atoms with Gasteiger partial charge in [-0.1, -0.05) is 19.1 Å². The highest BCUT2D eigenvalue weighted by molar-refractivity contribution is 5.72. The molecule has 7 nitrogen and oxygen atoms in total. The Labute approximate surface area is 139 Å². The number of aromatic amines is 1. The average molecular weight is 327 g/mol. The number of rotatable bonds is 6. The highest BCUT2D eigenvalue weighted by Crippen LogP contribution is 2.14. The van der Waals surface area contributed by atoms with Crippen LogP contribution in [0.2, 0.25) is 0 Å². The lowest BCUT2D eigenvalue weighted by atomic mass is 10.2. The number of fused-ring (bicyclic) bond motifs is 1. The second-order valence-electron chi connectivity index (χ2n) is 5.67. The topological polar surface area (TPSA) is 76.0 Å². The molecule has 0 radical (unpaired) electrons. The summed E-state index contributed by atoms with van der Waals surface area (Å²) in [6.45, 7) is 4.27. The van der Waals surface area contributed by atoms with Crippen LogP contribution in [0.15, 0.2) is 35.3 Å². The number of benzene rings is 1. The number of hydrogen-bond acceptors (Lipinski definition) is 5. The number of H-pyrrole nitrogens is 1. The molecule has 3 rings (SSSR count). The molecule has 0 unspecified atom stereocenters. The zero-order valence-electron chi connectivity index (χ0n) is 14.1. The minimum absolute atomic E-state index is 0.149. The molecule has 1 N–H and O–H groups in total. The van der Waals surface area contributed by atoms with Crippen LogP contribution < -0.4 is 10.3 Å². The van der Waals surface area contributed by atoms with Crippen molar-refractivity contribution in [3.8, 4) is 5.75 Å². The van der Waals surface area contributed by atoms with Crippen LogP contribution in [-0.4, -0.2) is 38.3 Å². The van der Waals surface area contributed by atoms with Crippen LogP contribution in [0.3, 0.4) is 0 Å². The Hall–Kier alpha value is -2.67. The molecule has 0 saturated carbocycles. The van der Waals surface area contributed by atoms with Crippen LogP contribution in [-0.2, 0) is 20.1 Å². The minimum atomic E-state index is -0.149. The van der Waals surface area contributed by atoms with Crippen molar-refractivity contribution in [2.24, 2.45) is 7.05 Å². The molecule has 2 heterocycles. The van der Waals surface area contributed by atoms with Crippen molar-refractivity contribution in [2.75, 3.05) is 13.7 Å². The predicted molar refractivity (Wildman–Crippen MR) is 91.9 cm³/mol. The van der Waals surface area contributed by atoms with Crippen molar-refractivity contribution >= 4 is 11.0 Å². The van der Waals surface area contributed by atoms with Crippen molar-refractivity contribution in [3.05, 3.63) is 52.2 Å². The third-order valence-corrected chi connectivity index (χ3v) is 4.04. The summed E-state index contributed by atoms with van der Waals surface area (Å²) in [5.41, 5.74) is 1.64. The van der Waals surface area contributed by atoms with E-state index in [1.165, 1.54) is 5.56 Å². The van der Waals surface area contributed by atoms with Crippen LogP contribution in [0.5, 0.6) is 5.75 Å². The maximum Gasteiger partial charge on any atom is 0.262 e. The number of aromatic nitrogens is 4. The van der Waals surface area contributed by atoms with E-state index in [4.69, 9.17) is 4.74 Å². The summed E-state index contributed by atoms with van der Waals surface area (Å²) in [7, 11) is 3.44. The number of methoxy groups -OCH3 is 1. The summed E-state index contributed by atoms with van der Waals surface area (Å²) in [6.07, 6.45) is 1.54. The first kappa shape index (κ1) is 16.2. The van der Waals surface area contributed by atoms with Gasteiger partial charge in [-0.05, 0) is 24.2 Å². The van der Waals surface area contributed by atoms with Crippen LogP contribution in [0, 0.1) is 0 Å². The molecule has 0 saturated heterocycles. The second kappa shape index (κ2) is 6.84. The van der Waals surface area contributed by atoms with Crippen molar-refractivity contribution < 1.29 is 4.74 Å². The molecule has 3 aromatic rings. The summed E-state index contributed by atoms with van der Waals surface area (Å²) in [6, 6.07) is 7.99. The Bertz CT molecular complexity index is 882. The summed E-state index contributed by atoms with van der Waals surface area (Å²) < 4.78 is 6.80. The van der Waals surface area contributed by atoms with E-state index in [1.807, 2.05) is 24.3 Å². The number of ether oxygens (including phenoxy) is 1. The lowest BCUT2D eigenvalue weighted by Gasteiger charge is -2.20. The zero-order chi connectivity index (χ0) is 17.1. The third-order valence-electron chi connectivity index (χ3n) is 4.04. The van der Waals surface area contributed by atoms with E-state index < -0.39 is 0 Å². The SMILES string of the molecule is CCN(Cc1ccc(OC)cc1)Cc1nc2c(cnn2C)c(=O)[nH]1. The van der Waals surface area contributed by atoms with Gasteiger partial charge in [-0.15, -0.1) is 0 Å². The van der Waals surface area contributed by atoms with E-state index in [1.54, 1.807) is 25.0 Å². The number of aryl methyl sites for hydroxylation is 1. The van der Waals surface area contributed by atoms with Crippen molar-refractivity contribution in [1.29, 1.82) is 0 Å². The quantitative estimate of drug-likeness (QED) is 0.745. The van der Waals surface area contributed by atoms with Gasteiger partial charge in [-0.3, -0.25) is 14.4 Å². The molecule has 0 aliphatic carbocycles. The molecule has 2 aromatic heterocycles. The smallest absolute Gasteiger partial charge is 0.262 e. The summed E-state index contributed by atoms with van der Waals surface area (Å²) in [4.78, 5) is 21.7. The normalized spacial score (nSPS) is 11.3. The number of nitrogens with zero attached hydrogens (tertiary/aromatic N) is 4. The molecule has 0 aliphatic heterocycles. The van der Waals surface area contributed by atoms with Crippen molar-refractivity contribution in [2.45, 2.75) is 20.0 Å². The molecule has 126 valence electrons. The maximum absolute atomic E-state index is 12.1. The van der Waals surface area contributed by atoms with Gasteiger partial charge < -0.3 is 9.72 Å². The van der Waals surface area contributed by atoms with E-state index in [2.05, 4.69) is 26.9 Å². The number of nitrogens with one attached hydrogen (secondary N) is 1. The Kier molecular flexibility index (Phi) is 4.61. The summed E-state index contributed by atoms with van der Waals surface area (Å²) in [5.74, 6) is 1.49. The van der Waals surface area contributed by atoms with Crippen LogP contribution in [0.1, 0.15) is 18.3 Å². The van der Waals surface area contributed by atoms with Gasteiger partial charge in [-0.25, -0.2) is 4.98 Å². The zero-order valence-corrected chi connectivity index (χ0v) is 14.1. The lowest BCUT2D eigenvalue weighted by Crippen LogP contribution is -2.25. The molecular formula is C17H21N5O2. The van der Waals surface area contributed by atoms with Gasteiger partial charge in [0.15, 0.2) is 5.65 Å². The first-order valence-corrected chi connectivity index (χ1v) is 7.87. The number of hydrogen-bond donors (Lipinski definition) is 1. The summed E-state index contributed by atoms with van der Waals surface area (Å²) in [5, 5.41) is 4.60. The van der Waals surface area contributed by atoms with E-state index in [0.29, 0.717) is 23.4 Å². The Morgan fingerprint density at radius 3 is 2.67 bits per heavy atom. The molecule has 0 bridgehead atoms. The van der Waals surface area contributed by atoms with Gasteiger partial charge in [0.05, 0.1) is 19.9 Å². The monoisotopic (exact) mass is 327 g/mol. The molecule has 1 aromatic carbocycles. The highest BCUT2D eigenvalue weighted by Gasteiger charge is 2.11. The third kappa shape index (κ3) is 3.30. The van der Waals surface area contributed by atoms with Crippen molar-refractivity contribution in [3.63, 3.8) is 0 Å². The molecular weight excluding hydrogens is 306 g/mol. The summed E-state index contributed by atoms with van der Waals surface area (Å²) >= 11 is 0. The second-order valence-corrected chi connectivity index (χ2v) is 5.67. The van der Waals surface area contributed by atoms with Gasteiger partial charge in [0.1, 0.15) is 17.0 Å². The van der Waals surface area contributed by atoms with E-state index >= 15 is 0 Å². The molecule has 7 heteroatoms. The average Bonchev–Trinajstić information content (AvgIpc) is 2.96. The molecule has 0 amide bonds. The van der Waals surface area contributed by atoms with Gasteiger partial charge in [0.2, 0.25) is 0 Å². The fourth-order valence-electron chi connectivity index (χ4n) is 2.63. The Morgan fingerprint density at radius 2 is 2.00 bits per heavy atom. The lowest BCUT2D eigenvalue weighted by molar-refractivity contribution is 0.264. The largest absolute Gasteiger partial charge is 0.497 e. The first-order valence-electron chi connectivity index (χ1n) is 7.87. The maximum atomic E-state index is 12.1. The van der Waals surface area contributed by atoms with Crippen LogP contribution in [0.25, 0.3) is 11.0 Å². The molecule has 0 fully saturated rings. The van der Waals surface area contributed by atoms with Gasteiger partial charge in [0.25, 0.3) is 5.56 Å². The van der Waals surface area contributed by atoms with Crippen molar-refractivity contribution in [1.82, 2.24) is 24.6 Å². The molecule has 0 aliphatic rings. The Balaban J connectivity index is 1.79. The van der Waals surface area contributed by atoms with Gasteiger partial charge in [-0.2, -0.15) is 5.10 Å². The van der Waals surface area contributed by atoms with Crippen LogP contribution in [0.4, 0.5) is 0 Å². The first-order chi connectivity index (χ1) is 11.6. The standard InChI is InChI=1S/C17H21N5O2/c1-4-22(10-12-5-7-13(24-3)8-6-12)11-15-19-16-14(17(23)20-15)9-18-21(16)2/h5-9H,4,10-11H2,1-3H3,(H,19,20,23).